The van der Waals surface area contributed by atoms with Crippen LogP contribution in [0, 0.1) is 17.1 Å². The van der Waals surface area contributed by atoms with Gasteiger partial charge in [0.2, 0.25) is 0 Å². The molecule has 2 heterocycles. The zero-order valence-corrected chi connectivity index (χ0v) is 21.4. The molecule has 9 nitrogen and oxygen atoms in total. The highest BCUT2D eigenvalue weighted by Gasteiger charge is 2.25. The molecule has 0 radical (unpaired) electrons. The second kappa shape index (κ2) is 11.4. The van der Waals surface area contributed by atoms with E-state index in [0.29, 0.717) is 16.7 Å². The molecule has 1 unspecified atom stereocenters. The van der Waals surface area contributed by atoms with Crippen molar-refractivity contribution in [3.8, 4) is 34.2 Å². The van der Waals surface area contributed by atoms with Gasteiger partial charge in [-0.3, -0.25) is 9.59 Å². The monoisotopic (exact) mass is 539 g/mol. The first kappa shape index (κ1) is 26.6. The molecule has 5 N–H and O–H groups in total. The Morgan fingerprint density at radius 1 is 1.05 bits per heavy atom. The number of carbonyl (C=O) groups is 2. The molecule has 4 aromatic rings. The summed E-state index contributed by atoms with van der Waals surface area (Å²) in [6.45, 7) is 0. The number of carbonyl (C=O) groups excluding carboxylic acids is 2. The molecule has 202 valence electrons. The van der Waals surface area contributed by atoms with E-state index in [4.69, 9.17) is 10.2 Å². The van der Waals surface area contributed by atoms with E-state index in [9.17, 15) is 24.3 Å². The number of phenols is 1. The Bertz CT molecular complexity index is 1610. The maximum absolute atomic E-state index is 13.7. The number of anilines is 1. The van der Waals surface area contributed by atoms with Gasteiger partial charge in [-0.2, -0.15) is 5.26 Å². The van der Waals surface area contributed by atoms with Crippen molar-refractivity contribution in [3.05, 3.63) is 89.6 Å². The minimum atomic E-state index is -0.641. The Morgan fingerprint density at radius 3 is 2.60 bits per heavy atom. The number of benzene rings is 2. The minimum Gasteiger partial charge on any atom is -0.507 e. The van der Waals surface area contributed by atoms with E-state index in [1.165, 1.54) is 18.4 Å². The van der Waals surface area contributed by atoms with Gasteiger partial charge >= 0.3 is 0 Å². The molecule has 0 aliphatic heterocycles. The van der Waals surface area contributed by atoms with Gasteiger partial charge in [-0.15, -0.1) is 0 Å². The average Bonchev–Trinajstić information content (AvgIpc) is 3.49. The maximum Gasteiger partial charge on any atom is 0.292 e. The van der Waals surface area contributed by atoms with Crippen LogP contribution in [0.3, 0.4) is 0 Å². The van der Waals surface area contributed by atoms with Crippen LogP contribution in [-0.4, -0.2) is 34.0 Å². The van der Waals surface area contributed by atoms with Gasteiger partial charge in [0.25, 0.3) is 11.8 Å². The first-order valence-electron chi connectivity index (χ1n) is 12.8. The van der Waals surface area contributed by atoms with E-state index in [-0.39, 0.29) is 52.1 Å². The molecule has 1 saturated carbocycles. The van der Waals surface area contributed by atoms with Crippen LogP contribution in [0.2, 0.25) is 0 Å². The predicted octanol–water partition coefficient (Wildman–Crippen LogP) is 4.98. The fourth-order valence-corrected chi connectivity index (χ4v) is 4.83. The lowest BCUT2D eigenvalue weighted by Crippen LogP contribution is -2.49. The van der Waals surface area contributed by atoms with E-state index in [1.807, 2.05) is 0 Å². The van der Waals surface area contributed by atoms with Crippen molar-refractivity contribution in [1.29, 1.82) is 5.26 Å². The summed E-state index contributed by atoms with van der Waals surface area (Å²) < 4.78 is 18.9. The number of phenolic OH excluding ortho intramolecular Hbond substituents is 1. The van der Waals surface area contributed by atoms with Gasteiger partial charge in [-0.1, -0.05) is 25.0 Å². The highest BCUT2D eigenvalue weighted by Crippen LogP contribution is 2.36. The van der Waals surface area contributed by atoms with Crippen LogP contribution in [0.1, 0.15) is 52.2 Å². The third-order valence-corrected chi connectivity index (χ3v) is 6.92. The summed E-state index contributed by atoms with van der Waals surface area (Å²) in [5.41, 5.74) is 7.79. The molecule has 1 fully saturated rings. The number of furan rings is 1. The minimum absolute atomic E-state index is 0.00172. The number of nitrogens with two attached hydrogens (primary N) is 1. The Balaban J connectivity index is 1.58. The molecule has 2 aromatic heterocycles. The van der Waals surface area contributed by atoms with E-state index < -0.39 is 11.7 Å². The van der Waals surface area contributed by atoms with Crippen LogP contribution in [-0.2, 0) is 0 Å². The molecule has 0 saturated heterocycles. The van der Waals surface area contributed by atoms with Crippen molar-refractivity contribution in [3.63, 3.8) is 0 Å². The molecule has 2 aromatic carbocycles. The molecule has 0 bridgehead atoms. The van der Waals surface area contributed by atoms with E-state index in [1.54, 1.807) is 36.4 Å². The molecule has 1 aliphatic carbocycles. The lowest BCUT2D eigenvalue weighted by Gasteiger charge is -2.29. The van der Waals surface area contributed by atoms with Crippen molar-refractivity contribution in [2.45, 2.75) is 37.8 Å². The zero-order chi connectivity index (χ0) is 28.2. The summed E-state index contributed by atoms with van der Waals surface area (Å²) in [5, 5.41) is 26.2. The smallest absolute Gasteiger partial charge is 0.292 e. The summed E-state index contributed by atoms with van der Waals surface area (Å²) in [5.74, 6) is -2.04. The number of pyridine rings is 1. The fraction of sp³-hybridized carbons (Fsp3) is 0.200. The normalized spacial score (nSPS) is 16.6. The Kier molecular flexibility index (Phi) is 7.57. The Labute approximate surface area is 229 Å². The lowest BCUT2D eigenvalue weighted by atomic mass is 9.90. The zero-order valence-electron chi connectivity index (χ0n) is 21.4. The summed E-state index contributed by atoms with van der Waals surface area (Å²) in [6, 6.07) is 16.5. The van der Waals surface area contributed by atoms with Gasteiger partial charge in [0.1, 0.15) is 23.2 Å². The second-order valence-electron chi connectivity index (χ2n) is 9.59. The molecule has 5 rings (SSSR count). The summed E-state index contributed by atoms with van der Waals surface area (Å²) >= 11 is 0. The number of hydrogen-bond acceptors (Lipinski definition) is 7. The van der Waals surface area contributed by atoms with Crippen LogP contribution < -0.4 is 16.4 Å². The standard InChI is InChI=1S/C30H26FN5O4/c31-19-10-11-20(26(37)14-19)25-15-21(22(16-32)28(34-25)36-30(39)27-9-4-12-40-27)17-5-3-6-18(13-17)29(38)35-24-8-2-1-7-23(24)33/h3-6,9-15,23-24,37H,1-2,7-8,33H2,(H,35,38)(H,34,36,39)/t23-,24?/m0/s1. The van der Waals surface area contributed by atoms with Crippen LogP contribution in [0.4, 0.5) is 10.2 Å². The van der Waals surface area contributed by atoms with Gasteiger partial charge in [0, 0.05) is 34.8 Å². The number of hydrogen-bond donors (Lipinski definition) is 4. The first-order valence-corrected chi connectivity index (χ1v) is 12.8. The van der Waals surface area contributed by atoms with Crippen molar-refractivity contribution in [2.24, 2.45) is 5.73 Å². The van der Waals surface area contributed by atoms with E-state index in [2.05, 4.69) is 21.7 Å². The molecular weight excluding hydrogens is 513 g/mol. The van der Waals surface area contributed by atoms with E-state index in [0.717, 1.165) is 37.8 Å². The topological polar surface area (TPSA) is 154 Å². The molecule has 0 spiro atoms. The molecular formula is C30H26FN5O4. The van der Waals surface area contributed by atoms with Crippen molar-refractivity contribution in [1.82, 2.24) is 10.3 Å². The number of halogens is 1. The van der Waals surface area contributed by atoms with Gasteiger partial charge in [0.05, 0.1) is 12.0 Å². The quantitative estimate of drug-likeness (QED) is 0.269. The van der Waals surface area contributed by atoms with Crippen LogP contribution in [0.25, 0.3) is 22.4 Å². The van der Waals surface area contributed by atoms with Crippen LogP contribution >= 0.6 is 0 Å². The van der Waals surface area contributed by atoms with Crippen molar-refractivity contribution in [2.75, 3.05) is 5.32 Å². The average molecular weight is 540 g/mol. The summed E-state index contributed by atoms with van der Waals surface area (Å²) in [4.78, 5) is 30.3. The number of nitriles is 1. The van der Waals surface area contributed by atoms with Gasteiger partial charge < -0.3 is 25.9 Å². The third-order valence-electron chi connectivity index (χ3n) is 6.92. The third kappa shape index (κ3) is 5.55. The second-order valence-corrected chi connectivity index (χ2v) is 9.59. The van der Waals surface area contributed by atoms with Crippen molar-refractivity contribution < 1.29 is 23.5 Å². The number of rotatable bonds is 6. The summed E-state index contributed by atoms with van der Waals surface area (Å²) in [7, 11) is 0. The number of aromatic nitrogens is 1. The molecule has 1 aliphatic rings. The predicted molar refractivity (Wildman–Crippen MR) is 146 cm³/mol. The molecule has 2 amide bonds. The number of nitrogens with one attached hydrogen (secondary N) is 2. The van der Waals surface area contributed by atoms with E-state index >= 15 is 0 Å². The molecule has 40 heavy (non-hydrogen) atoms. The number of nitrogens with zero attached hydrogens (tertiary/aromatic N) is 2. The van der Waals surface area contributed by atoms with Gasteiger partial charge in [0.15, 0.2) is 11.6 Å². The summed E-state index contributed by atoms with van der Waals surface area (Å²) in [6.07, 6.45) is 5.01. The lowest BCUT2D eigenvalue weighted by molar-refractivity contribution is 0.0920. The van der Waals surface area contributed by atoms with Crippen LogP contribution in [0.15, 0.2) is 71.3 Å². The van der Waals surface area contributed by atoms with Gasteiger partial charge in [-0.05, 0) is 60.9 Å². The van der Waals surface area contributed by atoms with Crippen molar-refractivity contribution >= 4 is 17.6 Å². The molecule has 2 atom stereocenters. The van der Waals surface area contributed by atoms with Gasteiger partial charge in [-0.25, -0.2) is 9.37 Å². The number of aromatic hydroxyl groups is 1. The fourth-order valence-electron chi connectivity index (χ4n) is 4.83. The Hall–Kier alpha value is -5.01. The maximum atomic E-state index is 13.7. The Morgan fingerprint density at radius 2 is 1.88 bits per heavy atom. The SMILES string of the molecule is N#Cc1c(-c2cccc(C(=O)NC3CCCC[C@@H]3N)c2)cc(-c2ccc(F)cc2O)nc1NC(=O)c1ccco1. The number of amides is 2. The first-order chi connectivity index (χ1) is 19.3. The highest BCUT2D eigenvalue weighted by atomic mass is 19.1. The highest BCUT2D eigenvalue weighted by molar-refractivity contribution is 6.03. The molecule has 10 heteroatoms. The van der Waals surface area contributed by atoms with Crippen LogP contribution in [0.5, 0.6) is 5.75 Å². The largest absolute Gasteiger partial charge is 0.507 e.